The zero-order chi connectivity index (χ0) is 20.9. The van der Waals surface area contributed by atoms with E-state index in [4.69, 9.17) is 4.74 Å². The molecule has 0 aliphatic rings. The van der Waals surface area contributed by atoms with E-state index in [-0.39, 0.29) is 25.1 Å². The molecule has 1 amide bonds. The quantitative estimate of drug-likeness (QED) is 0.734. The fourth-order valence-corrected chi connectivity index (χ4v) is 3.64. The molecule has 0 aromatic heterocycles. The van der Waals surface area contributed by atoms with E-state index in [1.54, 1.807) is 12.1 Å². The van der Waals surface area contributed by atoms with Crippen LogP contribution in [0.25, 0.3) is 0 Å². The molecule has 0 saturated carbocycles. The Labute approximate surface area is 167 Å². The third kappa shape index (κ3) is 5.99. The van der Waals surface area contributed by atoms with Gasteiger partial charge in [0.15, 0.2) is 0 Å². The number of nitrogens with one attached hydrogen (secondary N) is 1. The molecule has 1 unspecified atom stereocenters. The number of carbonyl (C=O) groups excluding carboxylic acids is 1. The molecule has 0 fully saturated rings. The van der Waals surface area contributed by atoms with E-state index >= 15 is 0 Å². The maximum atomic E-state index is 12.5. The normalized spacial score (nSPS) is 12.3. The van der Waals surface area contributed by atoms with Crippen LogP contribution in [0.3, 0.4) is 0 Å². The van der Waals surface area contributed by atoms with Crippen LogP contribution < -0.4 is 14.4 Å². The van der Waals surface area contributed by atoms with Gasteiger partial charge in [0, 0.05) is 0 Å². The summed E-state index contributed by atoms with van der Waals surface area (Å²) in [6, 6.07) is 12.8. The van der Waals surface area contributed by atoms with Gasteiger partial charge >= 0.3 is 0 Å². The van der Waals surface area contributed by atoms with Crippen molar-refractivity contribution >= 4 is 21.6 Å². The molecule has 1 atom stereocenters. The first-order valence-electron chi connectivity index (χ1n) is 9.10. The molecule has 1 N–H and O–H groups in total. The molecule has 0 aliphatic carbocycles. The summed E-state index contributed by atoms with van der Waals surface area (Å²) in [4.78, 5) is 12.5. The number of benzene rings is 2. The molecule has 0 saturated heterocycles. The van der Waals surface area contributed by atoms with Crippen molar-refractivity contribution in [2.45, 2.75) is 33.7 Å². The molecule has 0 heterocycles. The molecule has 2 aromatic rings. The summed E-state index contributed by atoms with van der Waals surface area (Å²) in [5.41, 5.74) is 3.45. The van der Waals surface area contributed by atoms with Gasteiger partial charge < -0.3 is 10.1 Å². The molecule has 28 heavy (non-hydrogen) atoms. The lowest BCUT2D eigenvalue weighted by molar-refractivity contribution is -0.120. The summed E-state index contributed by atoms with van der Waals surface area (Å²) in [5, 5.41) is 2.80. The third-order valence-electron chi connectivity index (χ3n) is 4.46. The molecular weight excluding hydrogens is 376 g/mol. The summed E-state index contributed by atoms with van der Waals surface area (Å²) in [6.07, 6.45) is 1.10. The number of hydrogen-bond acceptors (Lipinski definition) is 4. The molecule has 0 aliphatic heterocycles. The Morgan fingerprint density at radius 1 is 1.11 bits per heavy atom. The molecule has 0 radical (unpaired) electrons. The predicted molar refractivity (Wildman–Crippen MR) is 112 cm³/mol. The zero-order valence-corrected chi connectivity index (χ0v) is 17.8. The van der Waals surface area contributed by atoms with Crippen molar-refractivity contribution in [3.63, 3.8) is 0 Å². The van der Waals surface area contributed by atoms with Crippen LogP contribution in [0, 0.1) is 20.8 Å². The number of aryl methyl sites for hydroxylation is 2. The highest BCUT2D eigenvalue weighted by atomic mass is 32.2. The van der Waals surface area contributed by atoms with Gasteiger partial charge in [0.2, 0.25) is 15.9 Å². The monoisotopic (exact) mass is 404 g/mol. The van der Waals surface area contributed by atoms with Crippen LogP contribution in [0.4, 0.5) is 5.69 Å². The van der Waals surface area contributed by atoms with Crippen molar-refractivity contribution in [3.05, 3.63) is 59.2 Å². The highest BCUT2D eigenvalue weighted by molar-refractivity contribution is 7.92. The van der Waals surface area contributed by atoms with Gasteiger partial charge in [-0.25, -0.2) is 8.42 Å². The maximum Gasteiger partial charge on any atom is 0.241 e. The number of hydrogen-bond donors (Lipinski definition) is 1. The largest absolute Gasteiger partial charge is 0.491 e. The average Bonchev–Trinajstić information content (AvgIpc) is 2.61. The molecule has 6 nitrogen and oxygen atoms in total. The number of anilines is 1. The number of rotatable bonds is 8. The number of ether oxygens (including phenoxy) is 1. The first-order valence-corrected chi connectivity index (χ1v) is 11.0. The van der Waals surface area contributed by atoms with Gasteiger partial charge in [-0.15, -0.1) is 0 Å². The summed E-state index contributed by atoms with van der Waals surface area (Å²) >= 11 is 0. The number of sulfonamides is 1. The average molecular weight is 405 g/mol. The lowest BCUT2D eigenvalue weighted by atomic mass is 10.1. The first-order chi connectivity index (χ1) is 13.1. The topological polar surface area (TPSA) is 75.7 Å². The van der Waals surface area contributed by atoms with E-state index in [9.17, 15) is 13.2 Å². The van der Waals surface area contributed by atoms with Crippen molar-refractivity contribution in [1.82, 2.24) is 5.32 Å². The Balaban J connectivity index is 2.01. The van der Waals surface area contributed by atoms with Crippen LogP contribution >= 0.6 is 0 Å². The number of nitrogens with zero attached hydrogens (tertiary/aromatic N) is 1. The standard InChI is InChI=1S/C21H28N2O4S/c1-15-9-11-19(12-10-15)27-14-17(3)22-21(24)13-23(28(5,25)26)20-8-6-7-16(2)18(20)4/h6-12,17H,13-14H2,1-5H3,(H,22,24). The zero-order valence-electron chi connectivity index (χ0n) is 17.0. The minimum Gasteiger partial charge on any atom is -0.491 e. The Morgan fingerprint density at radius 2 is 1.75 bits per heavy atom. The SMILES string of the molecule is Cc1ccc(OCC(C)NC(=O)CN(c2cccc(C)c2C)S(C)(=O)=O)cc1. The molecule has 152 valence electrons. The highest BCUT2D eigenvalue weighted by Gasteiger charge is 2.23. The van der Waals surface area contributed by atoms with Gasteiger partial charge in [-0.3, -0.25) is 9.10 Å². The van der Waals surface area contributed by atoms with Crippen molar-refractivity contribution in [2.24, 2.45) is 0 Å². The Kier molecular flexibility index (Phi) is 7.07. The van der Waals surface area contributed by atoms with E-state index < -0.39 is 10.0 Å². The van der Waals surface area contributed by atoms with Crippen molar-refractivity contribution in [3.8, 4) is 5.75 Å². The lowest BCUT2D eigenvalue weighted by Gasteiger charge is -2.25. The van der Waals surface area contributed by atoms with Gasteiger partial charge in [0.1, 0.15) is 18.9 Å². The van der Waals surface area contributed by atoms with E-state index in [1.807, 2.05) is 58.0 Å². The molecule has 2 aromatic carbocycles. The summed E-state index contributed by atoms with van der Waals surface area (Å²) in [7, 11) is -3.61. The van der Waals surface area contributed by atoms with Gasteiger partial charge in [-0.1, -0.05) is 29.8 Å². The van der Waals surface area contributed by atoms with Crippen molar-refractivity contribution in [2.75, 3.05) is 23.7 Å². The number of carbonyl (C=O) groups is 1. The van der Waals surface area contributed by atoms with Crippen LogP contribution in [0.5, 0.6) is 5.75 Å². The second-order valence-electron chi connectivity index (χ2n) is 7.08. The fourth-order valence-electron chi connectivity index (χ4n) is 2.74. The highest BCUT2D eigenvalue weighted by Crippen LogP contribution is 2.24. The second-order valence-corrected chi connectivity index (χ2v) is 8.99. The van der Waals surface area contributed by atoms with E-state index in [2.05, 4.69) is 5.32 Å². The smallest absolute Gasteiger partial charge is 0.241 e. The minimum atomic E-state index is -3.61. The molecule has 0 bridgehead atoms. The van der Waals surface area contributed by atoms with Gasteiger partial charge in [0.25, 0.3) is 0 Å². The van der Waals surface area contributed by atoms with E-state index in [0.717, 1.165) is 33.0 Å². The van der Waals surface area contributed by atoms with Gasteiger partial charge in [-0.2, -0.15) is 0 Å². The molecular formula is C21H28N2O4S. The van der Waals surface area contributed by atoms with Gasteiger partial charge in [-0.05, 0) is 57.0 Å². The third-order valence-corrected chi connectivity index (χ3v) is 5.59. The minimum absolute atomic E-state index is 0.270. The Hall–Kier alpha value is -2.54. The van der Waals surface area contributed by atoms with Crippen LogP contribution in [0.2, 0.25) is 0 Å². The summed E-state index contributed by atoms with van der Waals surface area (Å²) < 4.78 is 31.4. The van der Waals surface area contributed by atoms with Crippen LogP contribution in [0.15, 0.2) is 42.5 Å². The van der Waals surface area contributed by atoms with Crippen molar-refractivity contribution in [1.29, 1.82) is 0 Å². The fraction of sp³-hybridized carbons (Fsp3) is 0.381. The predicted octanol–water partition coefficient (Wildman–Crippen LogP) is 2.96. The Morgan fingerprint density at radius 3 is 2.36 bits per heavy atom. The molecule has 2 rings (SSSR count). The number of amides is 1. The maximum absolute atomic E-state index is 12.5. The first kappa shape index (κ1) is 21.8. The van der Waals surface area contributed by atoms with Crippen LogP contribution in [-0.2, 0) is 14.8 Å². The van der Waals surface area contributed by atoms with Gasteiger partial charge in [0.05, 0.1) is 18.0 Å². The lowest BCUT2D eigenvalue weighted by Crippen LogP contribution is -2.45. The molecule has 7 heteroatoms. The molecule has 0 spiro atoms. The van der Waals surface area contributed by atoms with Crippen LogP contribution in [-0.4, -0.2) is 39.8 Å². The summed E-state index contributed by atoms with van der Waals surface area (Å²) in [6.45, 7) is 7.57. The second kappa shape index (κ2) is 9.10. The Bertz CT molecular complexity index is 924. The summed E-state index contributed by atoms with van der Waals surface area (Å²) in [5.74, 6) is 0.339. The van der Waals surface area contributed by atoms with Crippen molar-refractivity contribution < 1.29 is 17.9 Å². The van der Waals surface area contributed by atoms with E-state index in [0.29, 0.717) is 5.69 Å². The van der Waals surface area contributed by atoms with E-state index in [1.165, 1.54) is 0 Å². The van der Waals surface area contributed by atoms with Crippen LogP contribution in [0.1, 0.15) is 23.6 Å².